The van der Waals surface area contributed by atoms with Crippen LogP contribution < -0.4 is 4.74 Å². The molecule has 0 saturated carbocycles. The molecule has 0 bridgehead atoms. The van der Waals surface area contributed by atoms with E-state index in [1.54, 1.807) is 30.2 Å². The van der Waals surface area contributed by atoms with Crippen LogP contribution >= 0.6 is 22.6 Å². The predicted molar refractivity (Wildman–Crippen MR) is 52.3 cm³/mol. The van der Waals surface area contributed by atoms with Crippen molar-refractivity contribution < 1.29 is 4.74 Å². The summed E-state index contributed by atoms with van der Waals surface area (Å²) < 4.78 is 7.87. The Bertz CT molecular complexity index is 412. The first kappa shape index (κ1) is 7.78. The Morgan fingerprint density at radius 1 is 1.58 bits per heavy atom. The van der Waals surface area contributed by atoms with Crippen LogP contribution in [0.3, 0.4) is 0 Å². The van der Waals surface area contributed by atoms with Gasteiger partial charge in [0.15, 0.2) is 0 Å². The molecule has 0 unspecified atom stereocenters. The van der Waals surface area contributed by atoms with Crippen molar-refractivity contribution in [3.8, 4) is 5.88 Å². The molecule has 4 nitrogen and oxygen atoms in total. The summed E-state index contributed by atoms with van der Waals surface area (Å²) in [5.74, 6) is 0.611. The molecule has 2 heterocycles. The molecule has 5 heteroatoms. The van der Waals surface area contributed by atoms with Crippen LogP contribution in [0.4, 0.5) is 0 Å². The van der Waals surface area contributed by atoms with Crippen LogP contribution in [0.25, 0.3) is 5.52 Å². The molecular formula is C7H6IN3O. The van der Waals surface area contributed by atoms with Crippen molar-refractivity contribution in [1.29, 1.82) is 0 Å². The molecule has 12 heavy (non-hydrogen) atoms. The van der Waals surface area contributed by atoms with Crippen molar-refractivity contribution in [3.63, 3.8) is 0 Å². The lowest BCUT2D eigenvalue weighted by Gasteiger charge is -1.99. The lowest BCUT2D eigenvalue weighted by atomic mass is 10.5. The summed E-state index contributed by atoms with van der Waals surface area (Å²) in [6, 6.07) is 0. The topological polar surface area (TPSA) is 39.4 Å². The number of hydrogen-bond acceptors (Lipinski definition) is 3. The first-order valence-corrected chi connectivity index (χ1v) is 4.42. The van der Waals surface area contributed by atoms with Gasteiger partial charge in [-0.3, -0.25) is 0 Å². The molecule has 0 aliphatic carbocycles. The first-order chi connectivity index (χ1) is 5.83. The van der Waals surface area contributed by atoms with Crippen LogP contribution in [-0.4, -0.2) is 21.7 Å². The summed E-state index contributed by atoms with van der Waals surface area (Å²) >= 11 is 2.20. The van der Waals surface area contributed by atoms with Gasteiger partial charge in [-0.2, -0.15) is 5.10 Å². The van der Waals surface area contributed by atoms with Crippen molar-refractivity contribution in [2.24, 2.45) is 0 Å². The van der Waals surface area contributed by atoms with Crippen molar-refractivity contribution in [2.45, 2.75) is 0 Å². The van der Waals surface area contributed by atoms with Gasteiger partial charge in [0.05, 0.1) is 16.9 Å². The van der Waals surface area contributed by atoms with E-state index in [1.807, 2.05) is 0 Å². The number of nitrogens with zero attached hydrogens (tertiary/aromatic N) is 3. The smallest absolute Gasteiger partial charge is 0.240 e. The second-order valence-corrected chi connectivity index (χ2v) is 3.38. The number of methoxy groups -OCH3 is 1. The predicted octanol–water partition coefficient (Wildman–Crippen LogP) is 1.34. The molecule has 0 aromatic carbocycles. The normalized spacial score (nSPS) is 10.5. The summed E-state index contributed by atoms with van der Waals surface area (Å²) in [4.78, 5) is 4.07. The number of halogens is 1. The highest BCUT2D eigenvalue weighted by molar-refractivity contribution is 14.1. The fourth-order valence-electron chi connectivity index (χ4n) is 1.03. The van der Waals surface area contributed by atoms with Crippen LogP contribution in [0.15, 0.2) is 18.6 Å². The SMILES string of the molecule is COc1nccn2ncc(I)c12. The summed E-state index contributed by atoms with van der Waals surface area (Å²) in [6.07, 6.45) is 5.23. The minimum absolute atomic E-state index is 0.611. The van der Waals surface area contributed by atoms with Gasteiger partial charge >= 0.3 is 0 Å². The lowest BCUT2D eigenvalue weighted by molar-refractivity contribution is 0.400. The molecule has 0 aliphatic rings. The maximum Gasteiger partial charge on any atom is 0.240 e. The Balaban J connectivity index is 2.84. The van der Waals surface area contributed by atoms with E-state index in [9.17, 15) is 0 Å². The average Bonchev–Trinajstić information content (AvgIpc) is 2.48. The zero-order chi connectivity index (χ0) is 8.55. The molecule has 0 spiro atoms. The van der Waals surface area contributed by atoms with Gasteiger partial charge in [-0.25, -0.2) is 9.50 Å². The van der Waals surface area contributed by atoms with Crippen LogP contribution in [0, 0.1) is 3.57 Å². The van der Waals surface area contributed by atoms with Gasteiger partial charge < -0.3 is 4.74 Å². The van der Waals surface area contributed by atoms with E-state index >= 15 is 0 Å². The molecule has 2 aromatic heterocycles. The van der Waals surface area contributed by atoms with E-state index in [4.69, 9.17) is 4.74 Å². The van der Waals surface area contributed by atoms with Gasteiger partial charge in [0, 0.05) is 12.4 Å². The highest BCUT2D eigenvalue weighted by Crippen LogP contribution is 2.20. The molecule has 2 rings (SSSR count). The van der Waals surface area contributed by atoms with Crippen LogP contribution in [0.1, 0.15) is 0 Å². The third-order valence-electron chi connectivity index (χ3n) is 1.55. The van der Waals surface area contributed by atoms with Crippen molar-refractivity contribution in [1.82, 2.24) is 14.6 Å². The first-order valence-electron chi connectivity index (χ1n) is 3.35. The zero-order valence-electron chi connectivity index (χ0n) is 6.36. The Morgan fingerprint density at radius 2 is 2.42 bits per heavy atom. The van der Waals surface area contributed by atoms with Crippen LogP contribution in [0.5, 0.6) is 5.88 Å². The van der Waals surface area contributed by atoms with Gasteiger partial charge in [-0.05, 0) is 22.6 Å². The molecule has 0 saturated heterocycles. The fraction of sp³-hybridized carbons (Fsp3) is 0.143. The second-order valence-electron chi connectivity index (χ2n) is 2.22. The molecule has 0 fully saturated rings. The molecule has 0 amide bonds. The van der Waals surface area contributed by atoms with Gasteiger partial charge in [0.2, 0.25) is 5.88 Å². The molecule has 0 N–H and O–H groups in total. The molecule has 2 aromatic rings. The zero-order valence-corrected chi connectivity index (χ0v) is 8.52. The second kappa shape index (κ2) is 2.89. The van der Waals surface area contributed by atoms with E-state index in [1.165, 1.54) is 0 Å². The number of fused-ring (bicyclic) bond motifs is 1. The lowest BCUT2D eigenvalue weighted by Crippen LogP contribution is -1.93. The summed E-state index contributed by atoms with van der Waals surface area (Å²) in [5, 5.41) is 4.12. The summed E-state index contributed by atoms with van der Waals surface area (Å²) in [7, 11) is 1.60. The van der Waals surface area contributed by atoms with Gasteiger partial charge in [0.25, 0.3) is 0 Å². The van der Waals surface area contributed by atoms with E-state index in [2.05, 4.69) is 32.7 Å². The quantitative estimate of drug-likeness (QED) is 0.737. The molecular weight excluding hydrogens is 269 g/mol. The van der Waals surface area contributed by atoms with Crippen molar-refractivity contribution in [3.05, 3.63) is 22.2 Å². The number of aromatic nitrogens is 3. The Kier molecular flexibility index (Phi) is 1.87. The van der Waals surface area contributed by atoms with Gasteiger partial charge in [0.1, 0.15) is 5.52 Å². The van der Waals surface area contributed by atoms with E-state index in [0.29, 0.717) is 5.88 Å². The summed E-state index contributed by atoms with van der Waals surface area (Å²) in [6.45, 7) is 0. The Labute approximate surface area is 82.7 Å². The van der Waals surface area contributed by atoms with E-state index in [0.717, 1.165) is 9.09 Å². The van der Waals surface area contributed by atoms with Crippen LogP contribution in [0.2, 0.25) is 0 Å². The van der Waals surface area contributed by atoms with Gasteiger partial charge in [-0.15, -0.1) is 0 Å². The number of ether oxygens (including phenoxy) is 1. The monoisotopic (exact) mass is 275 g/mol. The minimum atomic E-state index is 0.611. The third-order valence-corrected chi connectivity index (χ3v) is 2.34. The number of rotatable bonds is 1. The maximum atomic E-state index is 5.09. The fourth-order valence-corrected chi connectivity index (χ4v) is 1.63. The molecule has 0 radical (unpaired) electrons. The summed E-state index contributed by atoms with van der Waals surface area (Å²) in [5.41, 5.74) is 0.917. The van der Waals surface area contributed by atoms with Crippen LogP contribution in [-0.2, 0) is 0 Å². The largest absolute Gasteiger partial charge is 0.479 e. The highest BCUT2D eigenvalue weighted by atomic mass is 127. The molecule has 0 atom stereocenters. The standard InChI is InChI=1S/C7H6IN3O/c1-12-7-6-5(8)4-10-11(6)3-2-9-7/h2-4H,1H3. The van der Waals surface area contributed by atoms with E-state index in [-0.39, 0.29) is 0 Å². The maximum absolute atomic E-state index is 5.09. The van der Waals surface area contributed by atoms with Crippen molar-refractivity contribution in [2.75, 3.05) is 7.11 Å². The highest BCUT2D eigenvalue weighted by Gasteiger charge is 2.07. The van der Waals surface area contributed by atoms with E-state index < -0.39 is 0 Å². The average molecular weight is 275 g/mol. The third kappa shape index (κ3) is 1.04. The minimum Gasteiger partial charge on any atom is -0.479 e. The Hall–Kier alpha value is -0.850. The Morgan fingerprint density at radius 3 is 3.17 bits per heavy atom. The van der Waals surface area contributed by atoms with Gasteiger partial charge in [-0.1, -0.05) is 0 Å². The number of hydrogen-bond donors (Lipinski definition) is 0. The molecule has 0 aliphatic heterocycles. The molecule has 62 valence electrons. The van der Waals surface area contributed by atoms with Crippen molar-refractivity contribution >= 4 is 28.1 Å².